The molecule has 2 aromatic heterocycles. The molecular weight excluding hydrogens is 268 g/mol. The van der Waals surface area contributed by atoms with Crippen molar-refractivity contribution in [2.75, 3.05) is 7.11 Å². The highest BCUT2D eigenvalue weighted by atomic mass is 16.5. The highest BCUT2D eigenvalue weighted by Gasteiger charge is 2.19. The topological polar surface area (TPSA) is 69.0 Å². The first-order valence-corrected chi connectivity index (χ1v) is 6.93. The quantitative estimate of drug-likeness (QED) is 0.883. The van der Waals surface area contributed by atoms with Gasteiger partial charge < -0.3 is 14.6 Å². The second-order valence-corrected chi connectivity index (χ2v) is 4.79. The van der Waals surface area contributed by atoms with E-state index in [1.54, 1.807) is 31.6 Å². The average Bonchev–Trinajstić information content (AvgIpc) is 2.93. The molecule has 0 saturated heterocycles. The standard InChI is InChI=1S/C15H20N4O2/c1-4-5-12(14-17-8-9-19(14)2)18-15(20)13-10-11(21-3)6-7-16-13/h6-10,12H,4-5H2,1-3H3,(H,18,20)/t12-/m1/s1. The maximum atomic E-state index is 12.3. The predicted octanol–water partition coefficient (Wildman–Crippen LogP) is 2.09. The molecule has 21 heavy (non-hydrogen) atoms. The summed E-state index contributed by atoms with van der Waals surface area (Å²) in [4.78, 5) is 20.7. The number of nitrogens with one attached hydrogen (secondary N) is 1. The largest absolute Gasteiger partial charge is 0.497 e. The van der Waals surface area contributed by atoms with Gasteiger partial charge >= 0.3 is 0 Å². The Kier molecular flexibility index (Phi) is 4.92. The van der Waals surface area contributed by atoms with Crippen LogP contribution in [0.2, 0.25) is 0 Å². The molecule has 1 atom stereocenters. The van der Waals surface area contributed by atoms with Crippen molar-refractivity contribution < 1.29 is 9.53 Å². The number of carbonyl (C=O) groups is 1. The second kappa shape index (κ2) is 6.88. The normalized spacial score (nSPS) is 12.0. The molecule has 6 nitrogen and oxygen atoms in total. The Bertz CT molecular complexity index is 609. The van der Waals surface area contributed by atoms with Crippen molar-refractivity contribution in [2.45, 2.75) is 25.8 Å². The molecule has 0 spiro atoms. The Morgan fingerprint density at radius 1 is 1.43 bits per heavy atom. The first-order valence-electron chi connectivity index (χ1n) is 6.93. The summed E-state index contributed by atoms with van der Waals surface area (Å²) in [5.41, 5.74) is 0.338. The van der Waals surface area contributed by atoms with Gasteiger partial charge in [0, 0.05) is 31.7 Å². The molecule has 0 aliphatic carbocycles. The number of aryl methyl sites for hydroxylation is 1. The van der Waals surface area contributed by atoms with Crippen LogP contribution in [0.5, 0.6) is 5.75 Å². The van der Waals surface area contributed by atoms with Crippen molar-refractivity contribution in [2.24, 2.45) is 7.05 Å². The van der Waals surface area contributed by atoms with E-state index in [0.29, 0.717) is 11.4 Å². The molecule has 2 heterocycles. The molecule has 2 aromatic rings. The number of nitrogens with zero attached hydrogens (tertiary/aromatic N) is 3. The summed E-state index contributed by atoms with van der Waals surface area (Å²) < 4.78 is 7.03. The zero-order valence-electron chi connectivity index (χ0n) is 12.5. The van der Waals surface area contributed by atoms with Crippen LogP contribution in [0, 0.1) is 0 Å². The van der Waals surface area contributed by atoms with Gasteiger partial charge in [0.2, 0.25) is 0 Å². The molecule has 0 aliphatic heterocycles. The third kappa shape index (κ3) is 3.59. The Hall–Kier alpha value is -2.37. The fourth-order valence-electron chi connectivity index (χ4n) is 2.16. The summed E-state index contributed by atoms with van der Waals surface area (Å²) in [6, 6.07) is 3.20. The lowest BCUT2D eigenvalue weighted by atomic mass is 10.1. The number of pyridine rings is 1. The van der Waals surface area contributed by atoms with E-state index in [2.05, 4.69) is 22.2 Å². The molecule has 0 radical (unpaired) electrons. The van der Waals surface area contributed by atoms with E-state index in [0.717, 1.165) is 18.7 Å². The number of ether oxygens (including phenoxy) is 1. The molecule has 1 N–H and O–H groups in total. The molecule has 0 unspecified atom stereocenters. The molecular formula is C15H20N4O2. The van der Waals surface area contributed by atoms with Gasteiger partial charge in [-0.1, -0.05) is 13.3 Å². The minimum Gasteiger partial charge on any atom is -0.497 e. The third-order valence-corrected chi connectivity index (χ3v) is 3.25. The predicted molar refractivity (Wildman–Crippen MR) is 79.1 cm³/mol. The lowest BCUT2D eigenvalue weighted by Crippen LogP contribution is -2.30. The van der Waals surface area contributed by atoms with Crippen molar-refractivity contribution in [1.29, 1.82) is 0 Å². The first-order chi connectivity index (χ1) is 10.2. The lowest BCUT2D eigenvalue weighted by Gasteiger charge is -2.17. The highest BCUT2D eigenvalue weighted by Crippen LogP contribution is 2.17. The van der Waals surface area contributed by atoms with E-state index in [1.807, 2.05) is 17.8 Å². The van der Waals surface area contributed by atoms with E-state index in [-0.39, 0.29) is 11.9 Å². The fourth-order valence-corrected chi connectivity index (χ4v) is 2.16. The summed E-state index contributed by atoms with van der Waals surface area (Å²) in [5, 5.41) is 2.99. The fraction of sp³-hybridized carbons (Fsp3) is 0.400. The van der Waals surface area contributed by atoms with E-state index in [9.17, 15) is 4.79 Å². The Labute approximate surface area is 124 Å². The molecule has 6 heteroatoms. The van der Waals surface area contributed by atoms with Gasteiger partial charge in [0.05, 0.1) is 13.2 Å². The molecule has 0 bridgehead atoms. The summed E-state index contributed by atoms with van der Waals surface area (Å²) >= 11 is 0. The monoisotopic (exact) mass is 288 g/mol. The van der Waals surface area contributed by atoms with Crippen LogP contribution in [0.25, 0.3) is 0 Å². The second-order valence-electron chi connectivity index (χ2n) is 4.79. The SMILES string of the molecule is CCC[C@@H](NC(=O)c1cc(OC)ccn1)c1nccn1C. The van der Waals surface area contributed by atoms with E-state index in [1.165, 1.54) is 0 Å². The number of aromatic nitrogens is 3. The molecule has 0 aliphatic rings. The Morgan fingerprint density at radius 3 is 2.86 bits per heavy atom. The number of rotatable bonds is 6. The van der Waals surface area contributed by atoms with Gasteiger partial charge in [0.25, 0.3) is 5.91 Å². The zero-order valence-corrected chi connectivity index (χ0v) is 12.5. The molecule has 1 amide bonds. The van der Waals surface area contributed by atoms with Crippen LogP contribution >= 0.6 is 0 Å². The number of amides is 1. The number of hydrogen-bond donors (Lipinski definition) is 1. The lowest BCUT2D eigenvalue weighted by molar-refractivity contribution is 0.0926. The summed E-state index contributed by atoms with van der Waals surface area (Å²) in [7, 11) is 3.48. The number of hydrogen-bond acceptors (Lipinski definition) is 4. The van der Waals surface area contributed by atoms with E-state index in [4.69, 9.17) is 4.74 Å². The van der Waals surface area contributed by atoms with Crippen LogP contribution in [0.3, 0.4) is 0 Å². The Balaban J connectivity index is 2.16. The van der Waals surface area contributed by atoms with Crippen molar-refractivity contribution in [3.63, 3.8) is 0 Å². The summed E-state index contributed by atoms with van der Waals surface area (Å²) in [5.74, 6) is 1.22. The van der Waals surface area contributed by atoms with E-state index < -0.39 is 0 Å². The van der Waals surface area contributed by atoms with Gasteiger partial charge in [-0.05, 0) is 12.5 Å². The maximum Gasteiger partial charge on any atom is 0.270 e. The van der Waals surface area contributed by atoms with Crippen molar-refractivity contribution in [3.8, 4) is 5.75 Å². The minimum absolute atomic E-state index is 0.129. The zero-order chi connectivity index (χ0) is 15.2. The summed E-state index contributed by atoms with van der Waals surface area (Å²) in [6.07, 6.45) is 6.93. The number of methoxy groups -OCH3 is 1. The average molecular weight is 288 g/mol. The van der Waals surface area contributed by atoms with E-state index >= 15 is 0 Å². The van der Waals surface area contributed by atoms with Gasteiger partial charge in [0.1, 0.15) is 17.3 Å². The number of imidazole rings is 1. The summed E-state index contributed by atoms with van der Waals surface area (Å²) in [6.45, 7) is 2.08. The minimum atomic E-state index is -0.227. The van der Waals surface area contributed by atoms with Gasteiger partial charge in [0.15, 0.2) is 0 Å². The van der Waals surface area contributed by atoms with Crippen LogP contribution < -0.4 is 10.1 Å². The van der Waals surface area contributed by atoms with Crippen LogP contribution in [-0.2, 0) is 7.05 Å². The van der Waals surface area contributed by atoms with Gasteiger partial charge in [-0.3, -0.25) is 9.78 Å². The first kappa shape index (κ1) is 15.0. The molecule has 0 saturated carbocycles. The van der Waals surface area contributed by atoms with Crippen molar-refractivity contribution >= 4 is 5.91 Å². The van der Waals surface area contributed by atoms with Crippen LogP contribution in [0.15, 0.2) is 30.7 Å². The van der Waals surface area contributed by atoms with Crippen LogP contribution in [-0.4, -0.2) is 27.6 Å². The smallest absolute Gasteiger partial charge is 0.270 e. The van der Waals surface area contributed by atoms with Gasteiger partial charge in [-0.2, -0.15) is 0 Å². The third-order valence-electron chi connectivity index (χ3n) is 3.25. The highest BCUT2D eigenvalue weighted by molar-refractivity contribution is 5.92. The molecule has 0 fully saturated rings. The van der Waals surface area contributed by atoms with Crippen LogP contribution in [0.1, 0.15) is 42.1 Å². The molecule has 0 aromatic carbocycles. The maximum absolute atomic E-state index is 12.3. The van der Waals surface area contributed by atoms with Gasteiger partial charge in [-0.25, -0.2) is 4.98 Å². The Morgan fingerprint density at radius 2 is 2.24 bits per heavy atom. The van der Waals surface area contributed by atoms with Crippen LogP contribution in [0.4, 0.5) is 0 Å². The number of carbonyl (C=O) groups excluding carboxylic acids is 1. The van der Waals surface area contributed by atoms with Crippen molar-refractivity contribution in [1.82, 2.24) is 19.9 Å². The van der Waals surface area contributed by atoms with Gasteiger partial charge in [-0.15, -0.1) is 0 Å². The molecule has 2 rings (SSSR count). The molecule has 112 valence electrons. The van der Waals surface area contributed by atoms with Crippen molar-refractivity contribution in [3.05, 3.63) is 42.2 Å².